The summed E-state index contributed by atoms with van der Waals surface area (Å²) in [5.41, 5.74) is 2.16. The monoisotopic (exact) mass is 228 g/mol. The van der Waals surface area contributed by atoms with E-state index in [-0.39, 0.29) is 12.9 Å². The molecule has 3 nitrogen and oxygen atoms in total. The Morgan fingerprint density at radius 2 is 2.00 bits per heavy atom. The fraction of sp³-hybridized carbons (Fsp3) is 0.455. The molecule has 1 N–H and O–H groups in total. The second-order valence-electron chi connectivity index (χ2n) is 3.48. The summed E-state index contributed by atoms with van der Waals surface area (Å²) in [6.45, 7) is 1.07. The van der Waals surface area contributed by atoms with Crippen LogP contribution in [0.4, 0.5) is 0 Å². The van der Waals surface area contributed by atoms with Gasteiger partial charge in [-0.2, -0.15) is 0 Å². The highest BCUT2D eigenvalue weighted by molar-refractivity contribution is 6.30. The van der Waals surface area contributed by atoms with Gasteiger partial charge in [0.1, 0.15) is 0 Å². The normalized spacial score (nSPS) is 20.8. The molecule has 0 saturated heterocycles. The van der Waals surface area contributed by atoms with Crippen molar-refractivity contribution in [3.05, 3.63) is 34.3 Å². The second-order valence-corrected chi connectivity index (χ2v) is 3.91. The minimum Gasteiger partial charge on any atom is -0.396 e. The van der Waals surface area contributed by atoms with Crippen LogP contribution in [0.5, 0.6) is 0 Å². The number of aliphatic hydroxyl groups is 1. The lowest BCUT2D eigenvalue weighted by Gasteiger charge is -2.13. The number of halogens is 1. The fourth-order valence-electron chi connectivity index (χ4n) is 1.56. The van der Waals surface area contributed by atoms with E-state index in [2.05, 4.69) is 0 Å². The smallest absolute Gasteiger partial charge is 0.160 e. The molecule has 1 aliphatic rings. The minimum absolute atomic E-state index is 0.0712. The van der Waals surface area contributed by atoms with Gasteiger partial charge < -0.3 is 14.6 Å². The van der Waals surface area contributed by atoms with Crippen molar-refractivity contribution in [2.45, 2.75) is 25.9 Å². The third kappa shape index (κ3) is 2.69. The lowest BCUT2D eigenvalue weighted by molar-refractivity contribution is -0.156. The van der Waals surface area contributed by atoms with E-state index < -0.39 is 0 Å². The Labute approximate surface area is 93.6 Å². The summed E-state index contributed by atoms with van der Waals surface area (Å²) < 4.78 is 11.0. The van der Waals surface area contributed by atoms with E-state index in [1.165, 1.54) is 0 Å². The maximum absolute atomic E-state index is 8.79. The lowest BCUT2D eigenvalue weighted by atomic mass is 10.1. The molecule has 1 aromatic rings. The molecule has 15 heavy (non-hydrogen) atoms. The molecule has 1 aliphatic heterocycles. The van der Waals surface area contributed by atoms with Gasteiger partial charge >= 0.3 is 0 Å². The van der Waals surface area contributed by atoms with Crippen molar-refractivity contribution in [1.29, 1.82) is 0 Å². The van der Waals surface area contributed by atoms with E-state index in [0.717, 1.165) is 11.1 Å². The van der Waals surface area contributed by atoms with Gasteiger partial charge in [-0.3, -0.25) is 0 Å². The fourth-order valence-corrected chi connectivity index (χ4v) is 1.75. The van der Waals surface area contributed by atoms with Gasteiger partial charge in [-0.1, -0.05) is 17.7 Å². The lowest BCUT2D eigenvalue weighted by Crippen LogP contribution is -2.15. The quantitative estimate of drug-likeness (QED) is 0.843. The first kappa shape index (κ1) is 10.9. The van der Waals surface area contributed by atoms with E-state index in [0.29, 0.717) is 24.7 Å². The van der Waals surface area contributed by atoms with E-state index in [1.807, 2.05) is 18.2 Å². The summed E-state index contributed by atoms with van der Waals surface area (Å²) in [6, 6.07) is 5.68. The third-order valence-corrected chi connectivity index (χ3v) is 2.62. The summed E-state index contributed by atoms with van der Waals surface area (Å²) in [5.74, 6) is 0. The summed E-state index contributed by atoms with van der Waals surface area (Å²) in [5, 5.41) is 9.50. The number of benzene rings is 1. The number of hydrogen-bond acceptors (Lipinski definition) is 3. The Hall–Kier alpha value is -0.610. The van der Waals surface area contributed by atoms with Crippen molar-refractivity contribution in [3.8, 4) is 0 Å². The molecule has 2 rings (SSSR count). The summed E-state index contributed by atoms with van der Waals surface area (Å²) in [7, 11) is 0. The van der Waals surface area contributed by atoms with Crippen molar-refractivity contribution in [2.75, 3.05) is 6.61 Å². The third-order valence-electron chi connectivity index (χ3n) is 2.38. The van der Waals surface area contributed by atoms with Gasteiger partial charge in [0.25, 0.3) is 0 Å². The van der Waals surface area contributed by atoms with Crippen LogP contribution in [0.15, 0.2) is 18.2 Å². The van der Waals surface area contributed by atoms with Gasteiger partial charge in [0, 0.05) is 18.1 Å². The van der Waals surface area contributed by atoms with E-state index in [4.69, 9.17) is 26.2 Å². The molecule has 0 radical (unpaired) electrons. The van der Waals surface area contributed by atoms with Crippen molar-refractivity contribution in [1.82, 2.24) is 0 Å². The molecule has 0 aromatic heterocycles. The first-order valence-electron chi connectivity index (χ1n) is 4.91. The number of fused-ring (bicyclic) bond motifs is 1. The topological polar surface area (TPSA) is 38.7 Å². The zero-order chi connectivity index (χ0) is 10.7. The molecule has 82 valence electrons. The molecule has 1 aromatic carbocycles. The second kappa shape index (κ2) is 4.94. The summed E-state index contributed by atoms with van der Waals surface area (Å²) in [4.78, 5) is 0. The molecule has 0 bridgehead atoms. The Bertz CT molecular complexity index is 341. The summed E-state index contributed by atoms with van der Waals surface area (Å²) in [6.07, 6.45) is 0.183. The molecule has 4 heteroatoms. The highest BCUT2D eigenvalue weighted by atomic mass is 35.5. The van der Waals surface area contributed by atoms with Crippen molar-refractivity contribution >= 4 is 11.6 Å². The number of ether oxygens (including phenoxy) is 2. The molecule has 0 saturated carbocycles. The van der Waals surface area contributed by atoms with E-state index >= 15 is 0 Å². The molecule has 0 aliphatic carbocycles. The van der Waals surface area contributed by atoms with Crippen molar-refractivity contribution in [3.63, 3.8) is 0 Å². The van der Waals surface area contributed by atoms with Gasteiger partial charge in [0.15, 0.2) is 6.29 Å². The standard InChI is InChI=1S/C11H13ClO3/c12-10-2-1-8-6-14-11(3-4-13)15-7-9(8)5-10/h1-2,5,11,13H,3-4,6-7H2. The Morgan fingerprint density at radius 3 is 2.73 bits per heavy atom. The largest absolute Gasteiger partial charge is 0.396 e. The van der Waals surface area contributed by atoms with Crippen LogP contribution >= 0.6 is 11.6 Å². The van der Waals surface area contributed by atoms with Gasteiger partial charge in [-0.05, 0) is 23.3 Å². The molecule has 0 amide bonds. The van der Waals surface area contributed by atoms with E-state index in [1.54, 1.807) is 0 Å². The summed E-state index contributed by atoms with van der Waals surface area (Å²) >= 11 is 5.89. The van der Waals surface area contributed by atoms with Crippen LogP contribution in [0.2, 0.25) is 5.02 Å². The predicted molar refractivity (Wildman–Crippen MR) is 56.5 cm³/mol. The van der Waals surface area contributed by atoms with Crippen LogP contribution in [0, 0.1) is 0 Å². The molecule has 1 unspecified atom stereocenters. The Kier molecular flexibility index (Phi) is 3.59. The van der Waals surface area contributed by atoms with Crippen molar-refractivity contribution < 1.29 is 14.6 Å². The van der Waals surface area contributed by atoms with Crippen LogP contribution in [-0.4, -0.2) is 18.0 Å². The van der Waals surface area contributed by atoms with Gasteiger partial charge in [-0.15, -0.1) is 0 Å². The van der Waals surface area contributed by atoms with E-state index in [9.17, 15) is 0 Å². The van der Waals surface area contributed by atoms with Crippen LogP contribution in [0.25, 0.3) is 0 Å². The van der Waals surface area contributed by atoms with Crippen LogP contribution in [0.1, 0.15) is 17.5 Å². The van der Waals surface area contributed by atoms with Crippen LogP contribution in [0.3, 0.4) is 0 Å². The number of rotatable bonds is 2. The minimum atomic E-state index is -0.318. The van der Waals surface area contributed by atoms with Gasteiger partial charge in [0.2, 0.25) is 0 Å². The number of hydrogen-bond donors (Lipinski definition) is 1. The zero-order valence-electron chi connectivity index (χ0n) is 8.28. The molecule has 1 heterocycles. The highest BCUT2D eigenvalue weighted by Crippen LogP contribution is 2.22. The predicted octanol–water partition coefficient (Wildman–Crippen LogP) is 2.10. The first-order valence-corrected chi connectivity index (χ1v) is 5.29. The van der Waals surface area contributed by atoms with Gasteiger partial charge in [-0.25, -0.2) is 0 Å². The molecular weight excluding hydrogens is 216 g/mol. The van der Waals surface area contributed by atoms with Crippen molar-refractivity contribution in [2.24, 2.45) is 0 Å². The maximum atomic E-state index is 8.79. The average Bonchev–Trinajstić information content (AvgIpc) is 2.42. The highest BCUT2D eigenvalue weighted by Gasteiger charge is 2.16. The number of aliphatic hydroxyl groups excluding tert-OH is 1. The van der Waals surface area contributed by atoms with Crippen LogP contribution < -0.4 is 0 Å². The molecule has 1 atom stereocenters. The first-order chi connectivity index (χ1) is 7.29. The zero-order valence-corrected chi connectivity index (χ0v) is 9.04. The Morgan fingerprint density at radius 1 is 1.27 bits per heavy atom. The average molecular weight is 229 g/mol. The molecule has 0 spiro atoms. The molecular formula is C11H13ClO3. The SMILES string of the molecule is OCCC1OCc2ccc(Cl)cc2CO1. The molecule has 0 fully saturated rings. The maximum Gasteiger partial charge on any atom is 0.160 e. The van der Waals surface area contributed by atoms with Gasteiger partial charge in [0.05, 0.1) is 13.2 Å². The Balaban J connectivity index is 2.11. The van der Waals surface area contributed by atoms with Crippen LogP contribution in [-0.2, 0) is 22.7 Å².